The van der Waals surface area contributed by atoms with E-state index in [4.69, 9.17) is 4.74 Å². The summed E-state index contributed by atoms with van der Waals surface area (Å²) in [6.07, 6.45) is 0. The molecule has 4 heteroatoms. The third-order valence-electron chi connectivity index (χ3n) is 2.16. The van der Waals surface area contributed by atoms with Crippen LogP contribution in [0.4, 0.5) is 0 Å². The number of ketones is 1. The molecule has 1 aliphatic rings. The standard InChI is InChI=1S/C11H10BrNO2/c12-7-10(14)8-1-3-9(4-2-8)11-13-5-6-15-11/h1-4H,5-7H2. The summed E-state index contributed by atoms with van der Waals surface area (Å²) in [5.41, 5.74) is 1.63. The lowest BCUT2D eigenvalue weighted by atomic mass is 10.1. The summed E-state index contributed by atoms with van der Waals surface area (Å²) in [5, 5.41) is 0.351. The average molecular weight is 268 g/mol. The Bertz CT molecular complexity index is 398. The summed E-state index contributed by atoms with van der Waals surface area (Å²) in [4.78, 5) is 15.5. The number of Topliss-reactive ketones (excluding diaryl/α,β-unsaturated/α-hetero) is 1. The monoisotopic (exact) mass is 267 g/mol. The molecule has 0 aliphatic carbocycles. The van der Waals surface area contributed by atoms with E-state index in [9.17, 15) is 4.79 Å². The van der Waals surface area contributed by atoms with E-state index < -0.39 is 0 Å². The lowest BCUT2D eigenvalue weighted by molar-refractivity contribution is 0.102. The molecular formula is C11H10BrNO2. The largest absolute Gasteiger partial charge is 0.476 e. The number of hydrogen-bond donors (Lipinski definition) is 0. The summed E-state index contributed by atoms with van der Waals surface area (Å²) in [5.74, 6) is 0.753. The molecule has 1 aliphatic heterocycles. The zero-order valence-corrected chi connectivity index (χ0v) is 9.66. The normalized spacial score (nSPS) is 14.6. The number of benzene rings is 1. The van der Waals surface area contributed by atoms with Gasteiger partial charge >= 0.3 is 0 Å². The van der Waals surface area contributed by atoms with Gasteiger partial charge in [-0.2, -0.15) is 0 Å². The van der Waals surface area contributed by atoms with E-state index in [1.54, 1.807) is 12.1 Å². The highest BCUT2D eigenvalue weighted by Crippen LogP contribution is 2.10. The SMILES string of the molecule is O=C(CBr)c1ccc(C2=NCCO2)cc1. The fourth-order valence-corrected chi connectivity index (χ4v) is 1.71. The second-order valence-electron chi connectivity index (χ2n) is 3.17. The molecule has 1 aromatic rings. The maximum absolute atomic E-state index is 11.3. The predicted molar refractivity (Wildman–Crippen MR) is 61.9 cm³/mol. The van der Waals surface area contributed by atoms with Crippen LogP contribution < -0.4 is 0 Å². The lowest BCUT2D eigenvalue weighted by Crippen LogP contribution is -2.03. The maximum Gasteiger partial charge on any atom is 0.216 e. The molecule has 0 atom stereocenters. The van der Waals surface area contributed by atoms with Gasteiger partial charge in [-0.25, -0.2) is 4.99 Å². The van der Waals surface area contributed by atoms with Crippen LogP contribution in [0.1, 0.15) is 15.9 Å². The highest BCUT2D eigenvalue weighted by molar-refractivity contribution is 9.09. The van der Waals surface area contributed by atoms with E-state index in [1.807, 2.05) is 12.1 Å². The van der Waals surface area contributed by atoms with Crippen molar-refractivity contribution < 1.29 is 9.53 Å². The Morgan fingerprint density at radius 3 is 2.67 bits per heavy atom. The molecule has 0 spiro atoms. The van der Waals surface area contributed by atoms with Crippen molar-refractivity contribution in [2.75, 3.05) is 18.5 Å². The molecule has 0 saturated heterocycles. The van der Waals surface area contributed by atoms with Gasteiger partial charge in [0.05, 0.1) is 11.9 Å². The first-order valence-electron chi connectivity index (χ1n) is 4.68. The van der Waals surface area contributed by atoms with Crippen molar-refractivity contribution in [1.29, 1.82) is 0 Å². The van der Waals surface area contributed by atoms with Gasteiger partial charge in [0.1, 0.15) is 6.61 Å². The van der Waals surface area contributed by atoms with Crippen molar-refractivity contribution in [3.05, 3.63) is 35.4 Å². The first-order chi connectivity index (χ1) is 7.31. The number of alkyl halides is 1. The highest BCUT2D eigenvalue weighted by atomic mass is 79.9. The summed E-state index contributed by atoms with van der Waals surface area (Å²) < 4.78 is 5.32. The van der Waals surface area contributed by atoms with Crippen LogP contribution in [0.2, 0.25) is 0 Å². The minimum Gasteiger partial charge on any atom is -0.476 e. The van der Waals surface area contributed by atoms with E-state index in [-0.39, 0.29) is 5.78 Å². The van der Waals surface area contributed by atoms with Crippen LogP contribution in [-0.4, -0.2) is 30.2 Å². The molecular weight excluding hydrogens is 258 g/mol. The van der Waals surface area contributed by atoms with Crippen LogP contribution in [0.15, 0.2) is 29.3 Å². The minimum atomic E-state index is 0.0795. The Balaban J connectivity index is 2.20. The summed E-state index contributed by atoms with van der Waals surface area (Å²) >= 11 is 3.14. The fourth-order valence-electron chi connectivity index (χ4n) is 1.39. The van der Waals surface area contributed by atoms with Crippen molar-refractivity contribution in [3.8, 4) is 0 Å². The quantitative estimate of drug-likeness (QED) is 0.621. The molecule has 0 bridgehead atoms. The molecule has 0 fully saturated rings. The third kappa shape index (κ3) is 2.26. The lowest BCUT2D eigenvalue weighted by Gasteiger charge is -2.02. The van der Waals surface area contributed by atoms with E-state index in [0.717, 1.165) is 12.1 Å². The van der Waals surface area contributed by atoms with E-state index in [0.29, 0.717) is 23.4 Å². The van der Waals surface area contributed by atoms with Crippen LogP contribution in [0.25, 0.3) is 0 Å². The fraction of sp³-hybridized carbons (Fsp3) is 0.273. The number of ether oxygens (including phenoxy) is 1. The minimum absolute atomic E-state index is 0.0795. The van der Waals surface area contributed by atoms with Gasteiger partial charge in [0.15, 0.2) is 5.78 Å². The molecule has 3 nitrogen and oxygen atoms in total. The molecule has 0 amide bonds. The topological polar surface area (TPSA) is 38.7 Å². The molecule has 78 valence electrons. The number of carbonyl (C=O) groups is 1. The molecule has 0 N–H and O–H groups in total. The van der Waals surface area contributed by atoms with Gasteiger partial charge in [-0.1, -0.05) is 28.1 Å². The van der Waals surface area contributed by atoms with Crippen molar-refractivity contribution in [2.24, 2.45) is 4.99 Å². The van der Waals surface area contributed by atoms with Crippen LogP contribution in [0, 0.1) is 0 Å². The van der Waals surface area contributed by atoms with Gasteiger partial charge < -0.3 is 4.74 Å². The average Bonchev–Trinajstić information content (AvgIpc) is 2.82. The van der Waals surface area contributed by atoms with Gasteiger partial charge in [-0.05, 0) is 12.1 Å². The Morgan fingerprint density at radius 2 is 2.13 bits per heavy atom. The number of nitrogens with zero attached hydrogens (tertiary/aromatic N) is 1. The second-order valence-corrected chi connectivity index (χ2v) is 3.73. The molecule has 0 aromatic heterocycles. The number of halogens is 1. The maximum atomic E-state index is 11.3. The second kappa shape index (κ2) is 4.57. The number of carbonyl (C=O) groups excluding carboxylic acids is 1. The van der Waals surface area contributed by atoms with E-state index >= 15 is 0 Å². The van der Waals surface area contributed by atoms with Crippen LogP contribution in [0.3, 0.4) is 0 Å². The van der Waals surface area contributed by atoms with Crippen molar-refractivity contribution in [1.82, 2.24) is 0 Å². The smallest absolute Gasteiger partial charge is 0.216 e. The molecule has 0 saturated carbocycles. The molecule has 1 aromatic carbocycles. The van der Waals surface area contributed by atoms with Crippen molar-refractivity contribution >= 4 is 27.6 Å². The first-order valence-corrected chi connectivity index (χ1v) is 5.80. The zero-order chi connectivity index (χ0) is 10.7. The van der Waals surface area contributed by atoms with Crippen LogP contribution in [0.5, 0.6) is 0 Å². The van der Waals surface area contributed by atoms with Crippen LogP contribution >= 0.6 is 15.9 Å². The number of aliphatic imine (C=N–C) groups is 1. The van der Waals surface area contributed by atoms with Crippen LogP contribution in [-0.2, 0) is 4.74 Å². The van der Waals surface area contributed by atoms with Gasteiger partial charge in [0.2, 0.25) is 5.90 Å². The Morgan fingerprint density at radius 1 is 1.40 bits per heavy atom. The number of rotatable bonds is 3. The van der Waals surface area contributed by atoms with E-state index in [1.165, 1.54) is 0 Å². The van der Waals surface area contributed by atoms with E-state index in [2.05, 4.69) is 20.9 Å². The molecule has 2 rings (SSSR count). The first kappa shape index (κ1) is 10.4. The van der Waals surface area contributed by atoms with Gasteiger partial charge in [0.25, 0.3) is 0 Å². The zero-order valence-electron chi connectivity index (χ0n) is 8.07. The van der Waals surface area contributed by atoms with Gasteiger partial charge in [0, 0.05) is 11.1 Å². The number of hydrogen-bond acceptors (Lipinski definition) is 3. The molecule has 1 heterocycles. The summed E-state index contributed by atoms with van der Waals surface area (Å²) in [6.45, 7) is 1.37. The Labute approximate surface area is 96.3 Å². The summed E-state index contributed by atoms with van der Waals surface area (Å²) in [7, 11) is 0. The predicted octanol–water partition coefficient (Wildman–Crippen LogP) is 2.04. The highest BCUT2D eigenvalue weighted by Gasteiger charge is 2.10. The summed E-state index contributed by atoms with van der Waals surface area (Å²) in [6, 6.07) is 7.31. The van der Waals surface area contributed by atoms with Crippen molar-refractivity contribution in [3.63, 3.8) is 0 Å². The molecule has 15 heavy (non-hydrogen) atoms. The molecule has 0 unspecified atom stereocenters. The third-order valence-corrected chi connectivity index (χ3v) is 2.67. The Kier molecular flexibility index (Phi) is 3.16. The van der Waals surface area contributed by atoms with Crippen molar-refractivity contribution in [2.45, 2.75) is 0 Å². The van der Waals surface area contributed by atoms with Gasteiger partial charge in [-0.3, -0.25) is 4.79 Å². The Hall–Kier alpha value is -1.16. The molecule has 0 radical (unpaired) electrons. The van der Waals surface area contributed by atoms with Gasteiger partial charge in [-0.15, -0.1) is 0 Å².